The van der Waals surface area contributed by atoms with Crippen molar-refractivity contribution in [3.05, 3.63) is 35.5 Å². The number of aliphatic hydroxyl groups excluding tert-OH is 18. The molecule has 13 aliphatic rings. The van der Waals surface area contributed by atoms with Crippen LogP contribution in [0.3, 0.4) is 0 Å². The van der Waals surface area contributed by atoms with Gasteiger partial charge in [0.15, 0.2) is 43.5 Å². The lowest BCUT2D eigenvalue weighted by atomic mass is 9.76. The summed E-state index contributed by atoms with van der Waals surface area (Å²) in [6.07, 6.45) is -39.6. The molecule has 137 heavy (non-hydrogen) atoms. The molecule has 9 heterocycles. The second-order valence-electron chi connectivity index (χ2n) is 37.5. The third-order valence-corrected chi connectivity index (χ3v) is 27.8. The van der Waals surface area contributed by atoms with Crippen molar-refractivity contribution in [2.45, 2.75) is 377 Å². The fraction of sp³-hybridized carbons (Fsp3) is 0.915. The molecule has 0 aromatic rings. The second-order valence-corrected chi connectivity index (χ2v) is 37.5. The monoisotopic (exact) mass is 1980 g/mol. The third-order valence-electron chi connectivity index (χ3n) is 27.8. The lowest BCUT2D eigenvalue weighted by Crippen LogP contribution is -2.64. The van der Waals surface area contributed by atoms with Gasteiger partial charge < -0.3 is 280 Å². The highest BCUT2D eigenvalue weighted by Gasteiger charge is 2.62. The zero-order chi connectivity index (χ0) is 100. The van der Waals surface area contributed by atoms with Gasteiger partial charge in [0, 0.05) is 63.2 Å². The van der Waals surface area contributed by atoms with Gasteiger partial charge in [-0.3, -0.25) is 4.79 Å². The molecule has 10 fully saturated rings. The van der Waals surface area contributed by atoms with E-state index in [-0.39, 0.29) is 84.3 Å². The summed E-state index contributed by atoms with van der Waals surface area (Å²) in [5.74, 6) is -0.912. The Kier molecular flexibility index (Phi) is 42.3. The Morgan fingerprint density at radius 3 is 0.883 bits per heavy atom. The van der Waals surface area contributed by atoms with Gasteiger partial charge in [0.05, 0.1) is 113 Å². The van der Waals surface area contributed by atoms with Crippen molar-refractivity contribution in [1.29, 1.82) is 0 Å². The standard InChI is InChI=1S/C28H50N6O13.C27H52N6O12.C27H51N5O13/c29-6-10-1-2-11(31)25(42-10)45-22-12(32)3-9(4-16(36)28(41)5-15(28)33)18(37)24(22)47-27-21(40)23(14(8-35)44-27)46-26-17(34)20(39)19(38)13(7-30)43-26;28-6-11(35)2-1-10-5-14(32)22(43-25-13(31)4-3-12(7-29)40-25)24(18(10)36)45-27-21(39)23(16(9-34)42-27)44-26-17(33)20(38)19(37)15(8-30)41-26;28-6-12-3-4-13(30)25(40-12)43-22-14(31)5-10(1-2-11(35)8-33)18(36)24(22)45-27-21(39)23(16(9-34)42-27)44-26-17(32)20(38)19(37)15(7-29)41-26/h1,9,11-15,17-27,35,37-41H,2-8,29-34H2;3,10-11,13-27,34-39H,1-2,4-9,28-33H2;3,10-11,13-27,33-39H,1-2,4-9,28-32H2/t9-,11+,12-,13-,14+,15?,17+,18-,19+,20+,21+,22+,23+,24+,25+,26+,27-,28?;2*10-,11?,13-,14+,15+,16-,17-,18+,19-,20-,21-,22-,23-,24-,25-,26-,27+/m011/s1. The Hall–Kier alpha value is -3.75. The molecule has 4 unspecified atom stereocenters. The van der Waals surface area contributed by atoms with E-state index < -0.39 is 350 Å². The van der Waals surface area contributed by atoms with Crippen LogP contribution < -0.4 is 97.5 Å². The predicted molar refractivity (Wildman–Crippen MR) is 466 cm³/mol. The molecule has 0 bridgehead atoms. The molecule has 0 spiro atoms. The number of hydrogen-bond donors (Lipinski definition) is 36. The number of aliphatic hydroxyl groups is 19. The summed E-state index contributed by atoms with van der Waals surface area (Å²) in [5.41, 5.74) is 100. The summed E-state index contributed by atoms with van der Waals surface area (Å²) in [7, 11) is 0. The van der Waals surface area contributed by atoms with Crippen LogP contribution in [0.5, 0.6) is 0 Å². The van der Waals surface area contributed by atoms with Crippen LogP contribution in [-0.2, 0) is 90.1 Å². The predicted octanol–water partition coefficient (Wildman–Crippen LogP) is -19.6. The summed E-state index contributed by atoms with van der Waals surface area (Å²) in [6, 6.07) is -8.48. The van der Waals surface area contributed by atoms with Crippen LogP contribution in [-0.4, -0.2) is 475 Å². The number of carbonyl (C=O) groups is 1. The van der Waals surface area contributed by atoms with Gasteiger partial charge in [0.2, 0.25) is 18.9 Å². The molecule has 13 rings (SSSR count). The van der Waals surface area contributed by atoms with Gasteiger partial charge in [0.25, 0.3) is 0 Å². The average Bonchev–Trinajstić information content (AvgIpc) is 1.59. The normalized spacial score (nSPS) is 47.7. The fourth-order valence-corrected chi connectivity index (χ4v) is 19.2. The lowest BCUT2D eigenvalue weighted by molar-refractivity contribution is -0.283. The molecule has 4 saturated carbocycles. The molecular weight excluding hydrogens is 1830 g/mol. The summed E-state index contributed by atoms with van der Waals surface area (Å²) >= 11 is 0. The van der Waals surface area contributed by atoms with Crippen LogP contribution in [0.15, 0.2) is 35.5 Å². The van der Waals surface area contributed by atoms with Gasteiger partial charge in [-0.1, -0.05) is 0 Å². The van der Waals surface area contributed by atoms with Crippen LogP contribution in [0.25, 0.3) is 0 Å². The molecular formula is C82H153N17O38. The molecule has 794 valence electrons. The number of carbonyl (C=O) groups excluding carboxylic acids is 1. The van der Waals surface area contributed by atoms with E-state index in [0.29, 0.717) is 55.8 Å². The van der Waals surface area contributed by atoms with Crippen molar-refractivity contribution in [3.63, 3.8) is 0 Å². The first-order valence-corrected chi connectivity index (χ1v) is 46.7. The van der Waals surface area contributed by atoms with E-state index in [1.54, 1.807) is 18.2 Å². The molecule has 9 aliphatic heterocycles. The molecule has 4 aliphatic carbocycles. The molecule has 53 N–H and O–H groups in total. The maximum absolute atomic E-state index is 12.9. The highest BCUT2D eigenvalue weighted by Crippen LogP contribution is 2.45. The number of nitrogens with two attached hydrogens (primary N) is 17. The van der Waals surface area contributed by atoms with Crippen molar-refractivity contribution in [2.75, 3.05) is 72.2 Å². The first-order chi connectivity index (χ1) is 65.1. The topological polar surface area (TPSA) is 1010 Å². The first-order valence-electron chi connectivity index (χ1n) is 46.7. The lowest BCUT2D eigenvalue weighted by Gasteiger charge is -2.46. The van der Waals surface area contributed by atoms with E-state index >= 15 is 0 Å². The third kappa shape index (κ3) is 26.6. The van der Waals surface area contributed by atoms with Crippen LogP contribution in [0.1, 0.15) is 77.0 Å². The van der Waals surface area contributed by atoms with Crippen molar-refractivity contribution in [3.8, 4) is 0 Å². The summed E-state index contributed by atoms with van der Waals surface area (Å²) in [5, 5.41) is 200. The van der Waals surface area contributed by atoms with Gasteiger partial charge in [-0.15, -0.1) is 0 Å². The summed E-state index contributed by atoms with van der Waals surface area (Å²) in [4.78, 5) is 12.9. The number of rotatable bonds is 38. The van der Waals surface area contributed by atoms with E-state index in [0.717, 1.165) is 0 Å². The maximum Gasteiger partial charge on any atom is 0.215 e. The summed E-state index contributed by atoms with van der Waals surface area (Å²) in [6.45, 7) is -2.43. The van der Waals surface area contributed by atoms with Gasteiger partial charge in [0.1, 0.15) is 169 Å². The van der Waals surface area contributed by atoms with Crippen molar-refractivity contribution in [2.24, 2.45) is 115 Å². The Bertz CT molecular complexity index is 3620. The van der Waals surface area contributed by atoms with E-state index in [2.05, 4.69) is 0 Å². The minimum Gasteiger partial charge on any atom is -0.467 e. The van der Waals surface area contributed by atoms with E-state index in [9.17, 15) is 102 Å². The van der Waals surface area contributed by atoms with Crippen LogP contribution in [0.2, 0.25) is 0 Å². The van der Waals surface area contributed by atoms with Crippen molar-refractivity contribution in [1.82, 2.24) is 0 Å². The largest absolute Gasteiger partial charge is 0.467 e. The molecule has 0 radical (unpaired) electrons. The number of ether oxygens (including phenoxy) is 18. The molecule has 0 aromatic carbocycles. The number of Topliss-reactive ketones (excluding diaryl/α,β-unsaturated/α-hetero) is 1. The van der Waals surface area contributed by atoms with Crippen LogP contribution >= 0.6 is 0 Å². The zero-order valence-electron chi connectivity index (χ0n) is 76.0. The summed E-state index contributed by atoms with van der Waals surface area (Å²) < 4.78 is 106. The number of ketones is 1. The average molecular weight is 1990 g/mol. The maximum atomic E-state index is 12.9. The van der Waals surface area contributed by atoms with Crippen molar-refractivity contribution < 1.29 is 187 Å². The van der Waals surface area contributed by atoms with E-state index in [1.165, 1.54) is 0 Å². The Labute approximate surface area is 789 Å². The smallest absolute Gasteiger partial charge is 0.215 e. The van der Waals surface area contributed by atoms with Gasteiger partial charge in [-0.05, 0) is 100 Å². The Morgan fingerprint density at radius 2 is 0.613 bits per heavy atom. The second kappa shape index (κ2) is 51.1. The molecule has 6 saturated heterocycles. The minimum atomic E-state index is -1.68. The molecule has 0 amide bonds. The van der Waals surface area contributed by atoms with E-state index in [4.69, 9.17) is 183 Å². The molecule has 52 atom stereocenters. The van der Waals surface area contributed by atoms with Gasteiger partial charge in [-0.2, -0.15) is 0 Å². The number of hydrogen-bond acceptors (Lipinski definition) is 55. The molecule has 0 aromatic heterocycles. The zero-order valence-corrected chi connectivity index (χ0v) is 76.0. The quantitative estimate of drug-likeness (QED) is 0.0273. The SMILES string of the molecule is NCC1=CC[C@@H](N)[C@@H](O[C@H]2[C@H](O[C@@H]3O[C@H](CO)[C@@H](O[C@H]4O[C@@H](CN)[C@@H](O)[C@H](O)[C@H]4N)[C@H]3O)[C@@H](O)[C@H](CC(=O)C3(O)CC3N)C[C@@H]2N)O1.NCC1=CC[C@@H](N)[C@@H](O[C@H]2[C@H](O[C@@H]3O[C@H](CO)[C@@H](O[C@H]4O[C@@H](CN)[C@@H](O)[C@H](O)[C@H]4N)[C@H]3O)[C@@H](O)[C@H](CCC(O)CN)C[C@@H]2N)O1.NCC1=CC[C@@H](N)[C@@H](O[C@H]2[C@H](O[C@@H]3O[C@H](CO)[C@@H](O[C@H]4O[C@@H](CN)[C@@H](O)[C@H](O)[C@H]4N)[C@H]3O)[C@@H](O)[C@H](CCC(O)CO)C[C@@H]2N)O1. The van der Waals surface area contributed by atoms with Crippen LogP contribution in [0.4, 0.5) is 0 Å². The fourth-order valence-electron chi connectivity index (χ4n) is 19.2. The highest BCUT2D eigenvalue weighted by molar-refractivity contribution is 5.91. The van der Waals surface area contributed by atoms with E-state index in [1.807, 2.05) is 0 Å². The molecule has 55 heteroatoms. The minimum absolute atomic E-state index is 0.0524. The first kappa shape index (κ1) is 114. The van der Waals surface area contributed by atoms with Crippen LogP contribution in [0, 0.1) is 17.8 Å². The molecule has 55 nitrogen and oxygen atoms in total. The van der Waals surface area contributed by atoms with Gasteiger partial charge in [-0.25, -0.2) is 0 Å². The Morgan fingerprint density at radius 1 is 0.343 bits per heavy atom. The van der Waals surface area contributed by atoms with Crippen molar-refractivity contribution >= 4 is 5.78 Å². The highest BCUT2D eigenvalue weighted by atomic mass is 16.8. The van der Waals surface area contributed by atoms with Gasteiger partial charge >= 0.3 is 0 Å². The Balaban J connectivity index is 0.000000197.